The van der Waals surface area contributed by atoms with Crippen LogP contribution in [-0.2, 0) is 22.6 Å². The number of hydrogen-bond acceptors (Lipinski definition) is 3. The van der Waals surface area contributed by atoms with Crippen LogP contribution in [0.3, 0.4) is 0 Å². The molecule has 35 heavy (non-hydrogen) atoms. The van der Waals surface area contributed by atoms with Gasteiger partial charge in [-0.2, -0.15) is 0 Å². The minimum atomic E-state index is -0.689. The number of ether oxygens (including phenoxy) is 1. The van der Waals surface area contributed by atoms with E-state index in [1.54, 1.807) is 24.9 Å². The van der Waals surface area contributed by atoms with Crippen molar-refractivity contribution in [3.63, 3.8) is 0 Å². The highest BCUT2D eigenvalue weighted by Gasteiger charge is 2.32. The molecule has 2 amide bonds. The summed E-state index contributed by atoms with van der Waals surface area (Å²) in [5, 5.41) is 0. The van der Waals surface area contributed by atoms with Crippen LogP contribution in [0.5, 0.6) is 5.75 Å². The van der Waals surface area contributed by atoms with Gasteiger partial charge in [-0.25, -0.2) is 4.39 Å². The maximum Gasteiger partial charge on any atom is 0.263 e. The van der Waals surface area contributed by atoms with Gasteiger partial charge in [0.25, 0.3) is 5.91 Å². The molecule has 3 aromatic rings. The highest BCUT2D eigenvalue weighted by atomic mass is 19.1. The van der Waals surface area contributed by atoms with Gasteiger partial charge in [-0.15, -0.1) is 0 Å². The van der Waals surface area contributed by atoms with Crippen molar-refractivity contribution in [2.75, 3.05) is 13.6 Å². The molecule has 0 spiro atoms. The zero-order valence-electron chi connectivity index (χ0n) is 20.4. The minimum absolute atomic E-state index is 0.0160. The quantitative estimate of drug-likeness (QED) is 0.477. The van der Waals surface area contributed by atoms with Crippen LogP contribution in [0.2, 0.25) is 0 Å². The van der Waals surface area contributed by atoms with Gasteiger partial charge in [0.05, 0.1) is 6.04 Å². The lowest BCUT2D eigenvalue weighted by molar-refractivity contribution is -0.137. The second-order valence-electron chi connectivity index (χ2n) is 8.95. The molecule has 182 valence electrons. The van der Waals surface area contributed by atoms with Crippen molar-refractivity contribution < 1.29 is 18.7 Å². The number of likely N-dealkylation sites (N-methyl/N-ethyl adjacent to an activating group) is 1. The van der Waals surface area contributed by atoms with E-state index in [1.165, 1.54) is 12.1 Å². The summed E-state index contributed by atoms with van der Waals surface area (Å²) in [7, 11) is 1.76. The Morgan fingerprint density at radius 1 is 1.09 bits per heavy atom. The van der Waals surface area contributed by atoms with E-state index in [0.717, 1.165) is 22.3 Å². The number of rotatable bonds is 7. The molecular formula is C29H31FN2O3. The Morgan fingerprint density at radius 2 is 1.86 bits per heavy atom. The number of halogens is 1. The van der Waals surface area contributed by atoms with Gasteiger partial charge in [0.2, 0.25) is 5.91 Å². The number of amides is 2. The van der Waals surface area contributed by atoms with Crippen molar-refractivity contribution in [1.29, 1.82) is 0 Å². The molecule has 3 aromatic carbocycles. The SMILES string of the molecule is CCC(=O)N1CCc2ccc(OC(C)C(=O)N(C)Cc3ccccc3)cc2C1c1cccc(F)c1. The monoisotopic (exact) mass is 474 g/mol. The second kappa shape index (κ2) is 10.7. The van der Waals surface area contributed by atoms with E-state index in [9.17, 15) is 14.0 Å². The van der Waals surface area contributed by atoms with Crippen LogP contribution in [0.15, 0.2) is 72.8 Å². The Kier molecular flexibility index (Phi) is 7.49. The largest absolute Gasteiger partial charge is 0.481 e. The van der Waals surface area contributed by atoms with Crippen molar-refractivity contribution in [3.8, 4) is 5.75 Å². The molecule has 0 aromatic heterocycles. The number of carbonyl (C=O) groups is 2. The second-order valence-corrected chi connectivity index (χ2v) is 8.95. The Labute approximate surface area is 206 Å². The molecule has 4 rings (SSSR count). The fraction of sp³-hybridized carbons (Fsp3) is 0.310. The fourth-order valence-corrected chi connectivity index (χ4v) is 4.67. The molecule has 1 aliphatic rings. The maximum absolute atomic E-state index is 14.1. The first-order chi connectivity index (χ1) is 16.9. The number of nitrogens with zero attached hydrogens (tertiary/aromatic N) is 2. The number of carbonyl (C=O) groups excluding carboxylic acids is 2. The van der Waals surface area contributed by atoms with E-state index >= 15 is 0 Å². The Bertz CT molecular complexity index is 1200. The predicted octanol–water partition coefficient (Wildman–Crippen LogP) is 5.14. The summed E-state index contributed by atoms with van der Waals surface area (Å²) < 4.78 is 20.2. The van der Waals surface area contributed by atoms with Crippen LogP contribution >= 0.6 is 0 Å². The lowest BCUT2D eigenvalue weighted by Crippen LogP contribution is -2.40. The normalized spacial score (nSPS) is 15.8. The van der Waals surface area contributed by atoms with Crippen LogP contribution in [-0.4, -0.2) is 41.3 Å². The lowest BCUT2D eigenvalue weighted by Gasteiger charge is -2.38. The van der Waals surface area contributed by atoms with E-state index in [-0.39, 0.29) is 17.6 Å². The molecule has 0 radical (unpaired) electrons. The number of fused-ring (bicyclic) bond motifs is 1. The molecule has 6 heteroatoms. The smallest absolute Gasteiger partial charge is 0.263 e. The molecule has 1 aliphatic heterocycles. The average Bonchev–Trinajstić information content (AvgIpc) is 2.87. The first kappa shape index (κ1) is 24.5. The van der Waals surface area contributed by atoms with Crippen LogP contribution < -0.4 is 4.74 Å². The molecular weight excluding hydrogens is 443 g/mol. The number of benzene rings is 3. The van der Waals surface area contributed by atoms with Gasteiger partial charge in [-0.05, 0) is 59.9 Å². The Morgan fingerprint density at radius 3 is 2.57 bits per heavy atom. The molecule has 1 heterocycles. The summed E-state index contributed by atoms with van der Waals surface area (Å²) in [6, 6.07) is 21.5. The van der Waals surface area contributed by atoms with Crippen LogP contribution in [0.4, 0.5) is 4.39 Å². The third-order valence-electron chi connectivity index (χ3n) is 6.43. The third-order valence-corrected chi connectivity index (χ3v) is 6.43. The molecule has 5 nitrogen and oxygen atoms in total. The molecule has 0 bridgehead atoms. The van der Waals surface area contributed by atoms with Gasteiger partial charge in [0.1, 0.15) is 11.6 Å². The van der Waals surface area contributed by atoms with E-state index < -0.39 is 12.1 Å². The molecule has 0 saturated heterocycles. The van der Waals surface area contributed by atoms with Gasteiger partial charge < -0.3 is 14.5 Å². The van der Waals surface area contributed by atoms with E-state index in [0.29, 0.717) is 31.7 Å². The molecule has 0 fully saturated rings. The van der Waals surface area contributed by atoms with Crippen LogP contribution in [0.25, 0.3) is 0 Å². The maximum atomic E-state index is 14.1. The number of hydrogen-bond donors (Lipinski definition) is 0. The molecule has 0 aliphatic carbocycles. The molecule has 0 N–H and O–H groups in total. The fourth-order valence-electron chi connectivity index (χ4n) is 4.67. The van der Waals surface area contributed by atoms with Gasteiger partial charge in [0, 0.05) is 26.6 Å². The van der Waals surface area contributed by atoms with Gasteiger partial charge in [0.15, 0.2) is 6.10 Å². The molecule has 2 atom stereocenters. The average molecular weight is 475 g/mol. The highest BCUT2D eigenvalue weighted by Crippen LogP contribution is 2.38. The minimum Gasteiger partial charge on any atom is -0.481 e. The molecule has 0 saturated carbocycles. The zero-order valence-corrected chi connectivity index (χ0v) is 20.4. The molecule has 2 unspecified atom stereocenters. The highest BCUT2D eigenvalue weighted by molar-refractivity contribution is 5.80. The first-order valence-electron chi connectivity index (χ1n) is 12.0. The summed E-state index contributed by atoms with van der Waals surface area (Å²) in [5.41, 5.74) is 3.75. The van der Waals surface area contributed by atoms with Crippen molar-refractivity contribution in [3.05, 3.63) is 101 Å². The lowest BCUT2D eigenvalue weighted by atomic mass is 9.87. The van der Waals surface area contributed by atoms with E-state index in [1.807, 2.05) is 66.4 Å². The summed E-state index contributed by atoms with van der Waals surface area (Å²) >= 11 is 0. The standard InChI is InChI=1S/C29H31FN2O3/c1-4-27(33)32-16-15-22-13-14-25(18-26(22)28(32)23-11-8-12-24(30)17-23)35-20(2)29(34)31(3)19-21-9-6-5-7-10-21/h5-14,17-18,20,28H,4,15-16,19H2,1-3H3. The topological polar surface area (TPSA) is 49.9 Å². The summed E-state index contributed by atoms with van der Waals surface area (Å²) in [6.45, 7) is 4.63. The van der Waals surface area contributed by atoms with Crippen LogP contribution in [0.1, 0.15) is 48.6 Å². The first-order valence-corrected chi connectivity index (χ1v) is 12.0. The zero-order chi connectivity index (χ0) is 24.9. The summed E-state index contributed by atoms with van der Waals surface area (Å²) in [5.74, 6) is 0.0925. The van der Waals surface area contributed by atoms with Crippen LogP contribution in [0, 0.1) is 5.82 Å². The van der Waals surface area contributed by atoms with Gasteiger partial charge in [-0.3, -0.25) is 9.59 Å². The Hall–Kier alpha value is -3.67. The van der Waals surface area contributed by atoms with Crippen molar-refractivity contribution in [1.82, 2.24) is 9.80 Å². The summed E-state index contributed by atoms with van der Waals surface area (Å²) in [4.78, 5) is 29.2. The Balaban J connectivity index is 1.58. The van der Waals surface area contributed by atoms with Crippen molar-refractivity contribution in [2.24, 2.45) is 0 Å². The predicted molar refractivity (Wildman–Crippen MR) is 133 cm³/mol. The van der Waals surface area contributed by atoms with Crippen molar-refractivity contribution in [2.45, 2.75) is 45.4 Å². The van der Waals surface area contributed by atoms with Crippen molar-refractivity contribution >= 4 is 11.8 Å². The van der Waals surface area contributed by atoms with E-state index in [2.05, 4.69) is 0 Å². The van der Waals surface area contributed by atoms with E-state index in [4.69, 9.17) is 4.74 Å². The third kappa shape index (κ3) is 5.53. The van der Waals surface area contributed by atoms with Gasteiger partial charge >= 0.3 is 0 Å². The summed E-state index contributed by atoms with van der Waals surface area (Å²) in [6.07, 6.45) is 0.393. The van der Waals surface area contributed by atoms with Gasteiger partial charge in [-0.1, -0.05) is 55.5 Å².